The number of hydrogen-bond donors (Lipinski definition) is 2. The fraction of sp³-hybridized carbons (Fsp3) is 0.259. The summed E-state index contributed by atoms with van der Waals surface area (Å²) in [6.07, 6.45) is 5.01. The third-order valence-electron chi connectivity index (χ3n) is 5.74. The van der Waals surface area contributed by atoms with Crippen LogP contribution in [0, 0.1) is 6.92 Å². The Bertz CT molecular complexity index is 1300. The molecule has 0 atom stereocenters. The average Bonchev–Trinajstić information content (AvgIpc) is 3.25. The third-order valence-corrected chi connectivity index (χ3v) is 6.95. The lowest BCUT2D eigenvalue weighted by Gasteiger charge is -2.11. The van der Waals surface area contributed by atoms with Crippen LogP contribution in [0.2, 0.25) is 0 Å². The fourth-order valence-corrected chi connectivity index (χ4v) is 5.24. The van der Waals surface area contributed by atoms with Gasteiger partial charge >= 0.3 is 17.8 Å². The van der Waals surface area contributed by atoms with Gasteiger partial charge in [0.05, 0.1) is 18.9 Å². The maximum Gasteiger partial charge on any atom is 0.341 e. The molecule has 0 bridgehead atoms. The van der Waals surface area contributed by atoms with Crippen LogP contribution in [0.1, 0.15) is 50.3 Å². The van der Waals surface area contributed by atoms with Crippen molar-refractivity contribution in [1.82, 2.24) is 5.43 Å². The predicted octanol–water partition coefficient (Wildman–Crippen LogP) is 4.39. The Morgan fingerprint density at radius 2 is 1.83 bits per heavy atom. The van der Waals surface area contributed by atoms with Gasteiger partial charge in [0.1, 0.15) is 17.4 Å². The van der Waals surface area contributed by atoms with Gasteiger partial charge in [0.25, 0.3) is 0 Å². The number of anilines is 1. The first-order chi connectivity index (χ1) is 17.4. The molecule has 0 fully saturated rings. The molecular formula is C27H27N3O5S. The Kier molecular flexibility index (Phi) is 8.12. The van der Waals surface area contributed by atoms with Crippen LogP contribution in [-0.4, -0.2) is 31.1 Å². The molecule has 1 aliphatic rings. The number of hydrazone groups is 1. The molecule has 0 aliphatic heterocycles. The van der Waals surface area contributed by atoms with E-state index in [9.17, 15) is 14.4 Å². The van der Waals surface area contributed by atoms with Crippen molar-refractivity contribution < 1.29 is 23.9 Å². The zero-order valence-electron chi connectivity index (χ0n) is 20.1. The standard InChI is InChI=1S/C27H27N3O5S/c1-17-6-5-7-19(14-17)16-35-20-12-10-18(11-13-20)15-28-30-25(32)24(31)29-26-23(27(33)34-2)21-8-3-4-9-22(21)36-26/h5-7,10-15H,3-4,8-9,16H2,1-2H3,(H,29,31)(H,30,32)/b28-15+. The highest BCUT2D eigenvalue weighted by Crippen LogP contribution is 2.38. The zero-order valence-corrected chi connectivity index (χ0v) is 20.9. The molecule has 1 heterocycles. The van der Waals surface area contributed by atoms with Crippen LogP contribution in [-0.2, 0) is 33.8 Å². The second kappa shape index (κ2) is 11.6. The molecule has 0 saturated carbocycles. The van der Waals surface area contributed by atoms with Crippen molar-refractivity contribution >= 4 is 40.3 Å². The van der Waals surface area contributed by atoms with Gasteiger partial charge in [0.2, 0.25) is 0 Å². The zero-order chi connectivity index (χ0) is 25.5. The maximum absolute atomic E-state index is 12.4. The molecular weight excluding hydrogens is 478 g/mol. The summed E-state index contributed by atoms with van der Waals surface area (Å²) in [6, 6.07) is 15.3. The van der Waals surface area contributed by atoms with Gasteiger partial charge in [-0.3, -0.25) is 9.59 Å². The van der Waals surface area contributed by atoms with E-state index in [2.05, 4.69) is 21.9 Å². The molecule has 8 nitrogen and oxygen atoms in total. The smallest absolute Gasteiger partial charge is 0.341 e. The molecule has 0 radical (unpaired) electrons. The van der Waals surface area contributed by atoms with Crippen molar-refractivity contribution in [2.24, 2.45) is 5.10 Å². The van der Waals surface area contributed by atoms with Crippen molar-refractivity contribution in [3.63, 3.8) is 0 Å². The van der Waals surface area contributed by atoms with Crippen molar-refractivity contribution in [2.75, 3.05) is 12.4 Å². The van der Waals surface area contributed by atoms with Crippen molar-refractivity contribution in [3.05, 3.63) is 81.2 Å². The summed E-state index contributed by atoms with van der Waals surface area (Å²) in [5.74, 6) is -1.66. The summed E-state index contributed by atoms with van der Waals surface area (Å²) < 4.78 is 10.7. The van der Waals surface area contributed by atoms with Gasteiger partial charge in [0.15, 0.2) is 0 Å². The minimum Gasteiger partial charge on any atom is -0.489 e. The number of hydrogen-bond acceptors (Lipinski definition) is 7. The topological polar surface area (TPSA) is 106 Å². The van der Waals surface area contributed by atoms with Crippen LogP contribution < -0.4 is 15.5 Å². The van der Waals surface area contributed by atoms with Crippen LogP contribution in [0.25, 0.3) is 0 Å². The minimum absolute atomic E-state index is 0.333. The Morgan fingerprint density at radius 1 is 1.06 bits per heavy atom. The molecule has 186 valence electrons. The Hall–Kier alpha value is -3.98. The molecule has 2 aromatic carbocycles. The summed E-state index contributed by atoms with van der Waals surface area (Å²) in [6.45, 7) is 2.50. The number of aryl methyl sites for hydroxylation is 2. The molecule has 0 unspecified atom stereocenters. The molecule has 0 saturated heterocycles. The number of rotatable bonds is 7. The van der Waals surface area contributed by atoms with E-state index in [1.54, 1.807) is 24.3 Å². The number of nitrogens with zero attached hydrogens (tertiary/aromatic N) is 1. The largest absolute Gasteiger partial charge is 0.489 e. The molecule has 0 spiro atoms. The number of nitrogens with one attached hydrogen (secondary N) is 2. The average molecular weight is 506 g/mol. The number of methoxy groups -OCH3 is 1. The number of benzene rings is 2. The van der Waals surface area contributed by atoms with Crippen LogP contribution in [0.4, 0.5) is 5.00 Å². The van der Waals surface area contributed by atoms with E-state index in [4.69, 9.17) is 9.47 Å². The third kappa shape index (κ3) is 6.17. The van der Waals surface area contributed by atoms with E-state index in [-0.39, 0.29) is 0 Å². The molecule has 9 heteroatoms. The summed E-state index contributed by atoms with van der Waals surface area (Å²) in [7, 11) is 1.30. The van der Waals surface area contributed by atoms with Gasteiger partial charge in [-0.2, -0.15) is 5.10 Å². The van der Waals surface area contributed by atoms with Crippen LogP contribution >= 0.6 is 11.3 Å². The first-order valence-corrected chi connectivity index (χ1v) is 12.4. The van der Waals surface area contributed by atoms with Crippen LogP contribution in [0.3, 0.4) is 0 Å². The summed E-state index contributed by atoms with van der Waals surface area (Å²) in [5, 5.41) is 6.74. The summed E-state index contributed by atoms with van der Waals surface area (Å²) in [4.78, 5) is 38.0. The van der Waals surface area contributed by atoms with Gasteiger partial charge < -0.3 is 14.8 Å². The van der Waals surface area contributed by atoms with E-state index in [0.29, 0.717) is 22.9 Å². The quantitative estimate of drug-likeness (QED) is 0.214. The first kappa shape index (κ1) is 25.1. The highest BCUT2D eigenvalue weighted by Gasteiger charge is 2.28. The number of carbonyl (C=O) groups excluding carboxylic acids is 3. The SMILES string of the molecule is COC(=O)c1c(NC(=O)C(=O)N/N=C/c2ccc(OCc3cccc(C)c3)cc2)sc2c1CCCC2. The molecule has 2 N–H and O–H groups in total. The normalized spacial score (nSPS) is 12.6. The number of fused-ring (bicyclic) bond motifs is 1. The number of esters is 1. The fourth-order valence-electron chi connectivity index (χ4n) is 3.97. The Morgan fingerprint density at radius 3 is 2.58 bits per heavy atom. The highest BCUT2D eigenvalue weighted by atomic mass is 32.1. The monoisotopic (exact) mass is 505 g/mol. The van der Waals surface area contributed by atoms with Crippen LogP contribution in [0.5, 0.6) is 5.75 Å². The summed E-state index contributed by atoms with van der Waals surface area (Å²) >= 11 is 1.31. The van der Waals surface area contributed by atoms with E-state index in [1.807, 2.05) is 25.1 Å². The van der Waals surface area contributed by atoms with Gasteiger partial charge in [0, 0.05) is 4.88 Å². The molecule has 1 aliphatic carbocycles. The number of ether oxygens (including phenoxy) is 2. The lowest BCUT2D eigenvalue weighted by Crippen LogP contribution is -2.32. The molecule has 4 rings (SSSR count). The number of carbonyl (C=O) groups is 3. The highest BCUT2D eigenvalue weighted by molar-refractivity contribution is 7.17. The molecule has 2 amide bonds. The minimum atomic E-state index is -0.938. The van der Waals surface area contributed by atoms with E-state index < -0.39 is 17.8 Å². The maximum atomic E-state index is 12.4. The van der Waals surface area contributed by atoms with E-state index in [0.717, 1.165) is 47.3 Å². The van der Waals surface area contributed by atoms with Crippen molar-refractivity contribution in [2.45, 2.75) is 39.2 Å². The summed E-state index contributed by atoms with van der Waals surface area (Å²) in [5.41, 5.74) is 6.44. The first-order valence-electron chi connectivity index (χ1n) is 11.6. The van der Waals surface area contributed by atoms with Gasteiger partial charge in [-0.1, -0.05) is 29.8 Å². The van der Waals surface area contributed by atoms with Crippen LogP contribution in [0.15, 0.2) is 53.6 Å². The van der Waals surface area contributed by atoms with Gasteiger partial charge in [-0.05, 0) is 73.6 Å². The lowest BCUT2D eigenvalue weighted by molar-refractivity contribution is -0.136. The van der Waals surface area contributed by atoms with Gasteiger partial charge in [-0.15, -0.1) is 11.3 Å². The molecule has 1 aromatic heterocycles. The molecule has 36 heavy (non-hydrogen) atoms. The predicted molar refractivity (Wildman–Crippen MR) is 139 cm³/mol. The Labute approximate surface area is 213 Å². The van der Waals surface area contributed by atoms with E-state index >= 15 is 0 Å². The second-order valence-corrected chi connectivity index (χ2v) is 9.51. The number of amides is 2. The second-order valence-electron chi connectivity index (χ2n) is 8.41. The van der Waals surface area contributed by atoms with Gasteiger partial charge in [-0.25, -0.2) is 10.2 Å². The van der Waals surface area contributed by atoms with E-state index in [1.165, 1.54) is 30.2 Å². The lowest BCUT2D eigenvalue weighted by atomic mass is 9.95. The Balaban J connectivity index is 1.31. The molecule has 3 aromatic rings. The number of thiophene rings is 1. The van der Waals surface area contributed by atoms with Crippen molar-refractivity contribution in [1.29, 1.82) is 0 Å². The van der Waals surface area contributed by atoms with Crippen molar-refractivity contribution in [3.8, 4) is 5.75 Å².